The van der Waals surface area contributed by atoms with Crippen molar-refractivity contribution in [3.8, 4) is 27.9 Å². The van der Waals surface area contributed by atoms with E-state index in [1.165, 1.54) is 55.2 Å². The summed E-state index contributed by atoms with van der Waals surface area (Å²) in [6.45, 7) is 0. The van der Waals surface area contributed by atoms with Crippen LogP contribution < -0.4 is 4.90 Å². The third-order valence-corrected chi connectivity index (χ3v) is 13.5. The summed E-state index contributed by atoms with van der Waals surface area (Å²) >= 11 is 0. The van der Waals surface area contributed by atoms with Crippen LogP contribution in [0.25, 0.3) is 71.7 Å². The van der Waals surface area contributed by atoms with Gasteiger partial charge in [-0.1, -0.05) is 164 Å². The van der Waals surface area contributed by atoms with Crippen LogP contribution in [0.5, 0.6) is 0 Å². The first-order valence-corrected chi connectivity index (χ1v) is 22.0. The fourth-order valence-electron chi connectivity index (χ4n) is 10.7. The Kier molecular flexibility index (Phi) is 8.13. The van der Waals surface area contributed by atoms with Crippen molar-refractivity contribution in [2.45, 2.75) is 5.41 Å². The molecule has 0 atom stereocenters. The summed E-state index contributed by atoms with van der Waals surface area (Å²) in [7, 11) is 0. The number of fused-ring (bicyclic) bond motifs is 9. The molecule has 0 aliphatic heterocycles. The van der Waals surface area contributed by atoms with Gasteiger partial charge in [-0.2, -0.15) is 0 Å². The maximum atomic E-state index is 6.18. The van der Waals surface area contributed by atoms with Crippen LogP contribution >= 0.6 is 0 Å². The van der Waals surface area contributed by atoms with Crippen molar-refractivity contribution in [3.05, 3.63) is 265 Å². The molecule has 0 saturated carbocycles. The van der Waals surface area contributed by atoms with Gasteiger partial charge in [0.25, 0.3) is 0 Å². The smallest absolute Gasteiger partial charge is 0.135 e. The van der Waals surface area contributed by atoms with E-state index in [-0.39, 0.29) is 0 Å². The van der Waals surface area contributed by atoms with E-state index in [9.17, 15) is 0 Å². The summed E-state index contributed by atoms with van der Waals surface area (Å²) in [5.74, 6) is 0. The Bertz CT molecular complexity index is 3620. The molecule has 3 nitrogen and oxygen atoms in total. The average molecular weight is 817 g/mol. The minimum atomic E-state index is -0.518. The quantitative estimate of drug-likeness (QED) is 0.160. The Morgan fingerprint density at radius 2 is 0.859 bits per heavy atom. The Balaban J connectivity index is 0.995. The van der Waals surface area contributed by atoms with Crippen molar-refractivity contribution in [3.63, 3.8) is 0 Å². The van der Waals surface area contributed by atoms with Gasteiger partial charge in [-0.3, -0.25) is 0 Å². The van der Waals surface area contributed by atoms with Gasteiger partial charge in [0.1, 0.15) is 11.2 Å². The second-order valence-corrected chi connectivity index (χ2v) is 16.8. The van der Waals surface area contributed by atoms with Crippen LogP contribution in [0.15, 0.2) is 247 Å². The van der Waals surface area contributed by atoms with E-state index >= 15 is 0 Å². The van der Waals surface area contributed by atoms with Crippen LogP contribution in [0.3, 0.4) is 0 Å². The van der Waals surface area contributed by atoms with Gasteiger partial charge in [-0.05, 0) is 123 Å². The Morgan fingerprint density at radius 3 is 1.55 bits per heavy atom. The van der Waals surface area contributed by atoms with Crippen LogP contribution in [0, 0.1) is 0 Å². The van der Waals surface area contributed by atoms with Crippen molar-refractivity contribution in [2.75, 3.05) is 4.90 Å². The second kappa shape index (κ2) is 14.3. The van der Waals surface area contributed by atoms with E-state index in [2.05, 4.69) is 240 Å². The van der Waals surface area contributed by atoms with Gasteiger partial charge in [0.05, 0.1) is 16.4 Å². The highest BCUT2D eigenvalue weighted by atomic mass is 16.3. The van der Waals surface area contributed by atoms with Gasteiger partial charge >= 0.3 is 0 Å². The molecular formula is C61H40N2O. The SMILES string of the molecule is c1ccc(C2(c3ccccc3)c3ccccc3-c3ccc(N(c4ccc(-c5ccc6oc7ccccc7c6c5)cc4)c4ccc(-n5c6ccccc6c6ccccc65)cc4)cc32)cc1. The van der Waals surface area contributed by atoms with E-state index in [1.54, 1.807) is 0 Å². The summed E-state index contributed by atoms with van der Waals surface area (Å²) in [4.78, 5) is 2.41. The fourth-order valence-corrected chi connectivity index (χ4v) is 10.7. The number of anilines is 3. The monoisotopic (exact) mass is 816 g/mol. The summed E-state index contributed by atoms with van der Waals surface area (Å²) in [6, 6.07) is 88.4. The number of nitrogens with zero attached hydrogens (tertiary/aromatic N) is 2. The third kappa shape index (κ3) is 5.41. The predicted molar refractivity (Wildman–Crippen MR) is 265 cm³/mol. The number of hydrogen-bond donors (Lipinski definition) is 0. The maximum absolute atomic E-state index is 6.18. The van der Waals surface area contributed by atoms with Gasteiger partial charge < -0.3 is 13.9 Å². The van der Waals surface area contributed by atoms with Crippen LogP contribution in [0.2, 0.25) is 0 Å². The van der Waals surface area contributed by atoms with E-state index in [1.807, 2.05) is 12.1 Å². The van der Waals surface area contributed by atoms with E-state index in [0.29, 0.717) is 0 Å². The molecule has 0 bridgehead atoms. The number of para-hydroxylation sites is 3. The van der Waals surface area contributed by atoms with E-state index in [0.717, 1.165) is 55.8 Å². The molecule has 0 unspecified atom stereocenters. The highest BCUT2D eigenvalue weighted by molar-refractivity contribution is 6.09. The van der Waals surface area contributed by atoms with Crippen LogP contribution in [-0.4, -0.2) is 4.57 Å². The molecular weight excluding hydrogens is 777 g/mol. The Labute approximate surface area is 371 Å². The molecule has 1 aliphatic rings. The summed E-state index contributed by atoms with van der Waals surface area (Å²) in [6.07, 6.45) is 0. The van der Waals surface area contributed by atoms with Crippen molar-refractivity contribution in [2.24, 2.45) is 0 Å². The third-order valence-electron chi connectivity index (χ3n) is 13.5. The van der Waals surface area contributed by atoms with Crippen molar-refractivity contribution in [1.82, 2.24) is 4.57 Å². The molecule has 0 amide bonds. The number of hydrogen-bond acceptors (Lipinski definition) is 2. The molecule has 2 aromatic heterocycles. The maximum Gasteiger partial charge on any atom is 0.135 e. The first kappa shape index (κ1) is 36.3. The topological polar surface area (TPSA) is 21.3 Å². The highest BCUT2D eigenvalue weighted by Gasteiger charge is 2.46. The molecule has 0 N–H and O–H groups in total. The molecule has 300 valence electrons. The lowest BCUT2D eigenvalue weighted by Gasteiger charge is -2.35. The fraction of sp³-hybridized carbons (Fsp3) is 0.0164. The molecule has 3 heteroatoms. The van der Waals surface area contributed by atoms with Crippen molar-refractivity contribution >= 4 is 60.8 Å². The summed E-state index contributed by atoms with van der Waals surface area (Å²) in [5, 5.41) is 4.76. The van der Waals surface area contributed by atoms with Gasteiger partial charge in [0.15, 0.2) is 0 Å². The molecule has 0 saturated heterocycles. The minimum absolute atomic E-state index is 0.518. The van der Waals surface area contributed by atoms with Crippen LogP contribution in [0.1, 0.15) is 22.3 Å². The zero-order valence-corrected chi connectivity index (χ0v) is 34.9. The molecule has 2 heterocycles. The molecule has 1 aliphatic carbocycles. The lowest BCUT2D eigenvalue weighted by atomic mass is 9.67. The minimum Gasteiger partial charge on any atom is -0.456 e. The van der Waals surface area contributed by atoms with Gasteiger partial charge in [-0.25, -0.2) is 0 Å². The average Bonchev–Trinajstić information content (AvgIpc) is 4.01. The van der Waals surface area contributed by atoms with E-state index in [4.69, 9.17) is 4.42 Å². The lowest BCUT2D eigenvalue weighted by Crippen LogP contribution is -2.28. The molecule has 13 rings (SSSR count). The molecule has 10 aromatic carbocycles. The largest absolute Gasteiger partial charge is 0.456 e. The molecule has 64 heavy (non-hydrogen) atoms. The molecule has 0 radical (unpaired) electrons. The van der Waals surface area contributed by atoms with E-state index < -0.39 is 5.41 Å². The normalized spacial score (nSPS) is 12.8. The van der Waals surface area contributed by atoms with Crippen molar-refractivity contribution < 1.29 is 4.42 Å². The zero-order chi connectivity index (χ0) is 42.2. The molecule has 0 spiro atoms. The first-order chi connectivity index (χ1) is 31.7. The first-order valence-electron chi connectivity index (χ1n) is 22.0. The zero-order valence-electron chi connectivity index (χ0n) is 34.9. The molecule has 12 aromatic rings. The second-order valence-electron chi connectivity index (χ2n) is 16.8. The summed E-state index contributed by atoms with van der Waals surface area (Å²) < 4.78 is 8.56. The standard InChI is InChI=1S/C61H40N2O/c1-3-15-43(16-4-1)61(44-17-5-2-6-18-44)55-23-11-7-19-49(55)50-37-36-48(40-56(50)61)62(45-30-27-41(28-31-45)42-29-38-60-54(39-42)53-22-10-14-26-59(53)64-60)46-32-34-47(35-33-46)63-57-24-12-8-20-51(57)52-21-9-13-25-58(52)63/h1-40H. The van der Waals surface area contributed by atoms with Crippen LogP contribution in [0.4, 0.5) is 17.1 Å². The number of rotatable bonds is 7. The van der Waals surface area contributed by atoms with Gasteiger partial charge in [0, 0.05) is 44.3 Å². The number of aromatic nitrogens is 1. The Morgan fingerprint density at radius 1 is 0.344 bits per heavy atom. The number of furan rings is 1. The summed E-state index contributed by atoms with van der Waals surface area (Å²) in [5.41, 5.74) is 17.9. The number of benzene rings is 10. The lowest BCUT2D eigenvalue weighted by molar-refractivity contribution is 0.669. The molecule has 0 fully saturated rings. The van der Waals surface area contributed by atoms with Gasteiger partial charge in [0.2, 0.25) is 0 Å². The Hall–Kier alpha value is -8.40. The highest BCUT2D eigenvalue weighted by Crippen LogP contribution is 2.57. The van der Waals surface area contributed by atoms with Crippen molar-refractivity contribution in [1.29, 1.82) is 0 Å². The predicted octanol–water partition coefficient (Wildman–Crippen LogP) is 16.2. The van der Waals surface area contributed by atoms with Gasteiger partial charge in [-0.15, -0.1) is 0 Å². The van der Waals surface area contributed by atoms with Crippen LogP contribution in [-0.2, 0) is 5.41 Å².